The van der Waals surface area contributed by atoms with E-state index in [1.807, 2.05) is 18.2 Å². The molecule has 3 aromatic rings. The first kappa shape index (κ1) is 16.1. The largest absolute Gasteiger partial charge is 0.465 e. The number of rotatable bonds is 2. The molecule has 1 N–H and O–H groups in total. The zero-order chi connectivity index (χ0) is 18.4. The van der Waals surface area contributed by atoms with Crippen LogP contribution in [-0.2, 0) is 4.74 Å². The van der Waals surface area contributed by atoms with Crippen LogP contribution in [0.4, 0.5) is 5.69 Å². The van der Waals surface area contributed by atoms with Crippen molar-refractivity contribution in [2.75, 3.05) is 12.4 Å². The predicted molar refractivity (Wildman–Crippen MR) is 108 cm³/mol. The lowest BCUT2D eigenvalue weighted by molar-refractivity contribution is 0.0600. The van der Waals surface area contributed by atoms with E-state index in [0.29, 0.717) is 17.4 Å². The molecule has 0 aromatic heterocycles. The van der Waals surface area contributed by atoms with Crippen LogP contribution in [0.3, 0.4) is 0 Å². The van der Waals surface area contributed by atoms with Gasteiger partial charge in [-0.25, -0.2) is 4.79 Å². The van der Waals surface area contributed by atoms with Crippen LogP contribution >= 0.6 is 0 Å². The summed E-state index contributed by atoms with van der Waals surface area (Å²) in [5.74, 6) is 0.471. The first-order chi connectivity index (χ1) is 13.3. The fraction of sp³-hybridized carbons (Fsp3) is 0.208. The van der Waals surface area contributed by atoms with Crippen LogP contribution in [-0.4, -0.2) is 13.1 Å². The van der Waals surface area contributed by atoms with Crippen molar-refractivity contribution >= 4 is 22.4 Å². The molecule has 3 heteroatoms. The number of hydrogen-bond donors (Lipinski definition) is 1. The molecular formula is C24H21NO2. The average Bonchev–Trinajstić information content (AvgIpc) is 3.22. The molecule has 3 atom stereocenters. The lowest BCUT2D eigenvalue weighted by atomic mass is 9.76. The van der Waals surface area contributed by atoms with Crippen LogP contribution in [0.25, 0.3) is 10.8 Å². The van der Waals surface area contributed by atoms with Gasteiger partial charge in [0.1, 0.15) is 0 Å². The molecule has 27 heavy (non-hydrogen) atoms. The topological polar surface area (TPSA) is 38.3 Å². The second kappa shape index (κ2) is 6.27. The second-order valence-corrected chi connectivity index (χ2v) is 7.34. The third-order valence-electron chi connectivity index (χ3n) is 5.94. The molecule has 3 nitrogen and oxygen atoms in total. The van der Waals surface area contributed by atoms with Gasteiger partial charge >= 0.3 is 5.97 Å². The summed E-state index contributed by atoms with van der Waals surface area (Å²) >= 11 is 0. The Labute approximate surface area is 158 Å². The standard InChI is InChI=1S/C24H21NO2/c1-27-24(26)16-12-13-22-21(14-16)18-9-5-11-20(18)23(25-22)19-10-4-7-15-6-2-3-8-17(15)19/h2-10,12-14,18,20,23,25H,11H2,1H3/t18-,20-,23+/m1/s1. The number of nitrogens with one attached hydrogen (secondary N) is 1. The first-order valence-electron chi connectivity index (χ1n) is 9.39. The van der Waals surface area contributed by atoms with E-state index < -0.39 is 0 Å². The maximum Gasteiger partial charge on any atom is 0.337 e. The molecule has 0 radical (unpaired) electrons. The van der Waals surface area contributed by atoms with Gasteiger partial charge in [-0.1, -0.05) is 54.6 Å². The predicted octanol–water partition coefficient (Wildman–Crippen LogP) is 5.45. The molecule has 1 aliphatic heterocycles. The molecule has 0 saturated heterocycles. The van der Waals surface area contributed by atoms with E-state index in [2.05, 4.69) is 59.9 Å². The van der Waals surface area contributed by atoms with Gasteiger partial charge in [-0.3, -0.25) is 0 Å². The van der Waals surface area contributed by atoms with Gasteiger partial charge in [-0.15, -0.1) is 0 Å². The van der Waals surface area contributed by atoms with Gasteiger partial charge < -0.3 is 10.1 Å². The van der Waals surface area contributed by atoms with Crippen molar-refractivity contribution in [2.45, 2.75) is 18.4 Å². The third-order valence-corrected chi connectivity index (χ3v) is 5.94. The van der Waals surface area contributed by atoms with Crippen molar-refractivity contribution in [1.82, 2.24) is 0 Å². The Morgan fingerprint density at radius 1 is 1.04 bits per heavy atom. The molecule has 0 spiro atoms. The number of carbonyl (C=O) groups is 1. The molecule has 0 fully saturated rings. The van der Waals surface area contributed by atoms with E-state index in [-0.39, 0.29) is 12.0 Å². The summed E-state index contributed by atoms with van der Waals surface area (Å²) in [4.78, 5) is 12.0. The summed E-state index contributed by atoms with van der Waals surface area (Å²) < 4.78 is 4.90. The summed E-state index contributed by atoms with van der Waals surface area (Å²) in [7, 11) is 1.43. The van der Waals surface area contributed by atoms with E-state index in [1.165, 1.54) is 29.0 Å². The van der Waals surface area contributed by atoms with Crippen LogP contribution in [0.2, 0.25) is 0 Å². The lowest BCUT2D eigenvalue weighted by Gasteiger charge is -2.38. The SMILES string of the molecule is COC(=O)c1ccc2c(c1)[C@@H]1C=CC[C@H]1[C@H](c1cccc3ccccc13)N2. The number of ether oxygens (including phenoxy) is 1. The molecule has 0 amide bonds. The summed E-state index contributed by atoms with van der Waals surface area (Å²) in [6.07, 6.45) is 5.60. The maximum absolute atomic E-state index is 12.0. The Balaban J connectivity index is 1.62. The quantitative estimate of drug-likeness (QED) is 0.490. The number of benzene rings is 3. The Hall–Kier alpha value is -3.07. The number of esters is 1. The normalized spacial score (nSPS) is 22.8. The van der Waals surface area contributed by atoms with E-state index in [4.69, 9.17) is 4.74 Å². The minimum Gasteiger partial charge on any atom is -0.465 e. The van der Waals surface area contributed by atoms with Crippen LogP contribution in [0.5, 0.6) is 0 Å². The van der Waals surface area contributed by atoms with Crippen molar-refractivity contribution < 1.29 is 9.53 Å². The number of methoxy groups -OCH3 is 1. The molecule has 1 heterocycles. The summed E-state index contributed by atoms with van der Waals surface area (Å²) in [5, 5.41) is 6.34. The number of hydrogen-bond acceptors (Lipinski definition) is 3. The van der Waals surface area contributed by atoms with Crippen molar-refractivity contribution in [3.8, 4) is 0 Å². The van der Waals surface area contributed by atoms with E-state index in [9.17, 15) is 4.79 Å². The maximum atomic E-state index is 12.0. The molecule has 0 bridgehead atoms. The molecule has 1 aliphatic carbocycles. The molecule has 2 aliphatic rings. The van der Waals surface area contributed by atoms with Gasteiger partial charge in [-0.05, 0) is 52.4 Å². The van der Waals surface area contributed by atoms with Crippen LogP contribution in [0.1, 0.15) is 39.9 Å². The van der Waals surface area contributed by atoms with Gasteiger partial charge in [0.2, 0.25) is 0 Å². The Bertz CT molecular complexity index is 1060. The summed E-state index contributed by atoms with van der Waals surface area (Å²) in [6.45, 7) is 0. The minimum absolute atomic E-state index is 0.243. The highest BCUT2D eigenvalue weighted by molar-refractivity contribution is 5.91. The fourth-order valence-electron chi connectivity index (χ4n) is 4.67. The van der Waals surface area contributed by atoms with Gasteiger partial charge in [0, 0.05) is 11.6 Å². The molecule has 134 valence electrons. The number of allylic oxidation sites excluding steroid dienone is 2. The van der Waals surface area contributed by atoms with Gasteiger partial charge in [0.25, 0.3) is 0 Å². The zero-order valence-corrected chi connectivity index (χ0v) is 15.2. The smallest absolute Gasteiger partial charge is 0.337 e. The molecule has 5 rings (SSSR count). The highest BCUT2D eigenvalue weighted by atomic mass is 16.5. The lowest BCUT2D eigenvalue weighted by Crippen LogP contribution is -2.29. The molecule has 0 unspecified atom stereocenters. The Morgan fingerprint density at radius 2 is 1.89 bits per heavy atom. The number of anilines is 1. The molecule has 0 saturated carbocycles. The number of carbonyl (C=O) groups excluding carboxylic acids is 1. The van der Waals surface area contributed by atoms with Crippen LogP contribution in [0, 0.1) is 5.92 Å². The van der Waals surface area contributed by atoms with Crippen molar-refractivity contribution in [2.24, 2.45) is 5.92 Å². The average molecular weight is 355 g/mol. The monoisotopic (exact) mass is 355 g/mol. The van der Waals surface area contributed by atoms with Crippen molar-refractivity contribution in [3.63, 3.8) is 0 Å². The van der Waals surface area contributed by atoms with E-state index >= 15 is 0 Å². The summed E-state index contributed by atoms with van der Waals surface area (Å²) in [5.41, 5.74) is 4.25. The highest BCUT2D eigenvalue weighted by Crippen LogP contribution is 2.50. The van der Waals surface area contributed by atoms with Gasteiger partial charge in [0.05, 0.1) is 18.7 Å². The van der Waals surface area contributed by atoms with Gasteiger partial charge in [-0.2, -0.15) is 0 Å². The first-order valence-corrected chi connectivity index (χ1v) is 9.39. The van der Waals surface area contributed by atoms with Crippen LogP contribution in [0.15, 0.2) is 72.8 Å². The third kappa shape index (κ3) is 2.54. The van der Waals surface area contributed by atoms with Crippen molar-refractivity contribution in [3.05, 3.63) is 89.5 Å². The van der Waals surface area contributed by atoms with E-state index in [1.54, 1.807) is 0 Å². The van der Waals surface area contributed by atoms with Crippen molar-refractivity contribution in [1.29, 1.82) is 0 Å². The fourth-order valence-corrected chi connectivity index (χ4v) is 4.67. The van der Waals surface area contributed by atoms with Crippen LogP contribution < -0.4 is 5.32 Å². The zero-order valence-electron chi connectivity index (χ0n) is 15.2. The number of fused-ring (bicyclic) bond motifs is 4. The molecule has 3 aromatic carbocycles. The second-order valence-electron chi connectivity index (χ2n) is 7.34. The summed E-state index contributed by atoms with van der Waals surface area (Å²) in [6, 6.07) is 21.2. The highest BCUT2D eigenvalue weighted by Gasteiger charge is 2.38. The molecular weight excluding hydrogens is 334 g/mol. The Morgan fingerprint density at radius 3 is 2.78 bits per heavy atom. The Kier molecular flexibility index (Phi) is 3.75. The van der Waals surface area contributed by atoms with Gasteiger partial charge in [0.15, 0.2) is 0 Å². The minimum atomic E-state index is -0.285. The van der Waals surface area contributed by atoms with E-state index in [0.717, 1.165) is 12.1 Å².